The lowest BCUT2D eigenvalue weighted by Gasteiger charge is -2.13. The SMILES string of the molecule is NCC(O)c1nc(C2CCCC2)ncc1O. The molecule has 5 nitrogen and oxygen atoms in total. The van der Waals surface area contributed by atoms with Crippen LogP contribution in [0.15, 0.2) is 6.20 Å². The van der Waals surface area contributed by atoms with Crippen molar-refractivity contribution in [3.8, 4) is 5.75 Å². The van der Waals surface area contributed by atoms with Crippen molar-refractivity contribution in [2.45, 2.75) is 37.7 Å². The van der Waals surface area contributed by atoms with Crippen molar-refractivity contribution in [3.05, 3.63) is 17.7 Å². The predicted molar refractivity (Wildman–Crippen MR) is 58.9 cm³/mol. The van der Waals surface area contributed by atoms with E-state index in [9.17, 15) is 10.2 Å². The van der Waals surface area contributed by atoms with Gasteiger partial charge in [-0.05, 0) is 12.8 Å². The van der Waals surface area contributed by atoms with Gasteiger partial charge in [0.2, 0.25) is 0 Å². The summed E-state index contributed by atoms with van der Waals surface area (Å²) in [7, 11) is 0. The van der Waals surface area contributed by atoms with Crippen molar-refractivity contribution >= 4 is 0 Å². The average molecular weight is 223 g/mol. The van der Waals surface area contributed by atoms with Gasteiger partial charge in [0.1, 0.15) is 17.6 Å². The van der Waals surface area contributed by atoms with E-state index in [1.165, 1.54) is 19.0 Å². The number of hydrogen-bond acceptors (Lipinski definition) is 5. The van der Waals surface area contributed by atoms with Gasteiger partial charge in [-0.15, -0.1) is 0 Å². The van der Waals surface area contributed by atoms with Gasteiger partial charge in [0.05, 0.1) is 6.20 Å². The van der Waals surface area contributed by atoms with Gasteiger partial charge in [0.15, 0.2) is 5.75 Å². The summed E-state index contributed by atoms with van der Waals surface area (Å²) in [6.45, 7) is 0.0503. The maximum Gasteiger partial charge on any atom is 0.158 e. The van der Waals surface area contributed by atoms with Crippen LogP contribution in [-0.4, -0.2) is 26.7 Å². The van der Waals surface area contributed by atoms with Gasteiger partial charge in [-0.2, -0.15) is 0 Å². The molecule has 1 aliphatic carbocycles. The Bertz CT molecular complexity index is 364. The highest BCUT2D eigenvalue weighted by Gasteiger charge is 2.22. The van der Waals surface area contributed by atoms with Crippen LogP contribution in [0, 0.1) is 0 Å². The maximum absolute atomic E-state index is 9.60. The van der Waals surface area contributed by atoms with Crippen LogP contribution in [0.3, 0.4) is 0 Å². The summed E-state index contributed by atoms with van der Waals surface area (Å²) < 4.78 is 0. The van der Waals surface area contributed by atoms with Crippen molar-refractivity contribution in [2.75, 3.05) is 6.54 Å². The third kappa shape index (κ3) is 2.15. The summed E-state index contributed by atoms with van der Waals surface area (Å²) in [4.78, 5) is 8.36. The molecule has 4 N–H and O–H groups in total. The van der Waals surface area contributed by atoms with E-state index in [4.69, 9.17) is 5.73 Å². The summed E-state index contributed by atoms with van der Waals surface area (Å²) in [5, 5.41) is 19.1. The van der Waals surface area contributed by atoms with E-state index >= 15 is 0 Å². The Morgan fingerprint density at radius 3 is 2.75 bits per heavy atom. The van der Waals surface area contributed by atoms with Crippen molar-refractivity contribution in [3.63, 3.8) is 0 Å². The molecule has 0 spiro atoms. The fraction of sp³-hybridized carbons (Fsp3) is 0.636. The molecular weight excluding hydrogens is 206 g/mol. The Balaban J connectivity index is 2.27. The van der Waals surface area contributed by atoms with Crippen LogP contribution in [0.1, 0.15) is 49.2 Å². The number of aliphatic hydroxyl groups excluding tert-OH is 1. The molecule has 0 radical (unpaired) electrons. The van der Waals surface area contributed by atoms with E-state index in [2.05, 4.69) is 9.97 Å². The van der Waals surface area contributed by atoms with Gasteiger partial charge in [0, 0.05) is 12.5 Å². The van der Waals surface area contributed by atoms with Crippen molar-refractivity contribution < 1.29 is 10.2 Å². The third-order valence-corrected chi connectivity index (χ3v) is 3.08. The van der Waals surface area contributed by atoms with Gasteiger partial charge in [-0.3, -0.25) is 0 Å². The quantitative estimate of drug-likeness (QED) is 0.706. The molecule has 1 atom stereocenters. The Hall–Kier alpha value is -1.20. The van der Waals surface area contributed by atoms with E-state index in [-0.39, 0.29) is 18.0 Å². The summed E-state index contributed by atoms with van der Waals surface area (Å²) in [6.07, 6.45) is 5.01. The molecule has 1 aromatic heterocycles. The fourth-order valence-electron chi connectivity index (χ4n) is 2.14. The lowest BCUT2D eigenvalue weighted by Crippen LogP contribution is -2.15. The molecule has 0 saturated heterocycles. The van der Waals surface area contributed by atoms with Crippen LogP contribution in [0.5, 0.6) is 5.75 Å². The summed E-state index contributed by atoms with van der Waals surface area (Å²) in [6, 6.07) is 0. The first kappa shape index (κ1) is 11.3. The Kier molecular flexibility index (Phi) is 3.36. The number of hydrogen-bond donors (Lipinski definition) is 3. The molecule has 1 saturated carbocycles. The second-order valence-corrected chi connectivity index (χ2v) is 4.23. The highest BCUT2D eigenvalue weighted by atomic mass is 16.3. The zero-order chi connectivity index (χ0) is 11.5. The monoisotopic (exact) mass is 223 g/mol. The van der Waals surface area contributed by atoms with Crippen molar-refractivity contribution in [2.24, 2.45) is 5.73 Å². The molecular formula is C11H17N3O2. The van der Waals surface area contributed by atoms with Crippen LogP contribution in [0.4, 0.5) is 0 Å². The molecule has 1 unspecified atom stereocenters. The molecule has 1 aromatic rings. The summed E-state index contributed by atoms with van der Waals surface area (Å²) in [5.74, 6) is 1.00. The highest BCUT2D eigenvalue weighted by molar-refractivity contribution is 5.26. The minimum atomic E-state index is -0.914. The van der Waals surface area contributed by atoms with E-state index < -0.39 is 6.10 Å². The first-order valence-corrected chi connectivity index (χ1v) is 5.66. The molecule has 1 heterocycles. The first-order valence-electron chi connectivity index (χ1n) is 5.66. The minimum Gasteiger partial charge on any atom is -0.504 e. The molecule has 1 aliphatic rings. The maximum atomic E-state index is 9.60. The summed E-state index contributed by atoms with van der Waals surface area (Å²) in [5.41, 5.74) is 5.60. The van der Waals surface area contributed by atoms with Gasteiger partial charge in [0.25, 0.3) is 0 Å². The van der Waals surface area contributed by atoms with Crippen LogP contribution in [0.25, 0.3) is 0 Å². The number of nitrogens with two attached hydrogens (primary N) is 1. The van der Waals surface area contributed by atoms with Crippen LogP contribution in [-0.2, 0) is 0 Å². The number of aromatic hydroxyl groups is 1. The zero-order valence-corrected chi connectivity index (χ0v) is 9.13. The number of rotatable bonds is 3. The highest BCUT2D eigenvalue weighted by Crippen LogP contribution is 2.33. The van der Waals surface area contributed by atoms with Crippen LogP contribution in [0.2, 0.25) is 0 Å². The van der Waals surface area contributed by atoms with E-state index in [0.29, 0.717) is 5.92 Å². The van der Waals surface area contributed by atoms with Gasteiger partial charge < -0.3 is 15.9 Å². The fourth-order valence-corrected chi connectivity index (χ4v) is 2.14. The standard InChI is InChI=1S/C11H17N3O2/c12-5-8(15)10-9(16)6-13-11(14-10)7-3-1-2-4-7/h6-8,15-16H,1-5,12H2. The second-order valence-electron chi connectivity index (χ2n) is 4.23. The summed E-state index contributed by atoms with van der Waals surface area (Å²) >= 11 is 0. The Morgan fingerprint density at radius 2 is 2.12 bits per heavy atom. The zero-order valence-electron chi connectivity index (χ0n) is 9.13. The molecule has 1 fully saturated rings. The Morgan fingerprint density at radius 1 is 1.44 bits per heavy atom. The molecule has 2 rings (SSSR count). The molecule has 88 valence electrons. The molecule has 5 heteroatoms. The topological polar surface area (TPSA) is 92.3 Å². The average Bonchev–Trinajstić information content (AvgIpc) is 2.82. The Labute approximate surface area is 94.3 Å². The normalized spacial score (nSPS) is 18.9. The third-order valence-electron chi connectivity index (χ3n) is 3.08. The van der Waals surface area contributed by atoms with Crippen molar-refractivity contribution in [1.82, 2.24) is 9.97 Å². The lowest BCUT2D eigenvalue weighted by molar-refractivity contribution is 0.176. The largest absolute Gasteiger partial charge is 0.504 e. The minimum absolute atomic E-state index is 0.0503. The van der Waals surface area contributed by atoms with E-state index in [1.54, 1.807) is 0 Å². The van der Waals surface area contributed by atoms with Gasteiger partial charge in [-0.25, -0.2) is 9.97 Å². The molecule has 0 aromatic carbocycles. The van der Waals surface area contributed by atoms with Gasteiger partial charge >= 0.3 is 0 Å². The van der Waals surface area contributed by atoms with Gasteiger partial charge in [-0.1, -0.05) is 12.8 Å². The predicted octanol–water partition coefficient (Wildman–Crippen LogP) is 0.832. The number of nitrogens with zero attached hydrogens (tertiary/aromatic N) is 2. The van der Waals surface area contributed by atoms with E-state index in [0.717, 1.165) is 18.7 Å². The molecule has 0 aliphatic heterocycles. The second kappa shape index (κ2) is 4.76. The van der Waals surface area contributed by atoms with Crippen LogP contribution >= 0.6 is 0 Å². The van der Waals surface area contributed by atoms with E-state index in [1.807, 2.05) is 0 Å². The first-order chi connectivity index (χ1) is 7.72. The number of aliphatic hydroxyl groups is 1. The smallest absolute Gasteiger partial charge is 0.158 e. The van der Waals surface area contributed by atoms with Crippen molar-refractivity contribution in [1.29, 1.82) is 0 Å². The molecule has 0 bridgehead atoms. The van der Waals surface area contributed by atoms with Crippen LogP contribution < -0.4 is 5.73 Å². The molecule has 0 amide bonds. The lowest BCUT2D eigenvalue weighted by atomic mass is 10.1. The molecule has 16 heavy (non-hydrogen) atoms. The number of aromatic nitrogens is 2.